The number of hydrogen-bond acceptors (Lipinski definition) is 2. The van der Waals surface area contributed by atoms with Gasteiger partial charge in [0.15, 0.2) is 0 Å². The van der Waals surface area contributed by atoms with Gasteiger partial charge in [-0.3, -0.25) is 4.79 Å². The van der Waals surface area contributed by atoms with E-state index in [4.69, 9.17) is 40.3 Å². The zero-order valence-electron chi connectivity index (χ0n) is 12.9. The first-order chi connectivity index (χ1) is 11.9. The zero-order chi connectivity index (χ0) is 18.1. The van der Waals surface area contributed by atoms with Crippen molar-refractivity contribution in [1.82, 2.24) is 4.98 Å². The van der Waals surface area contributed by atoms with E-state index in [9.17, 15) is 4.79 Å². The van der Waals surface area contributed by atoms with Crippen LogP contribution >= 0.6 is 34.8 Å². The fraction of sp³-hybridized carbons (Fsp3) is 0.0556. The van der Waals surface area contributed by atoms with Gasteiger partial charge in [0.1, 0.15) is 0 Å². The number of Topliss-reactive ketones (excluding diaryl/α,β-unsaturated/α-hetero) is 1. The van der Waals surface area contributed by atoms with Crippen molar-refractivity contribution in [1.29, 1.82) is 0 Å². The van der Waals surface area contributed by atoms with Crippen LogP contribution in [0.15, 0.2) is 36.4 Å². The lowest BCUT2D eigenvalue weighted by Gasteiger charge is -2.13. The largest absolute Gasteiger partial charge is 0.361 e. The third kappa shape index (κ3) is 3.30. The third-order valence-corrected chi connectivity index (χ3v) is 4.55. The SMILES string of the molecule is Cc1c(-c2ccc(Cl)cc2)nc2c(Cl)cc(Cl)cc2c1C(=O)C=[N+]=[N-]. The Morgan fingerprint density at radius 1 is 1.12 bits per heavy atom. The molecule has 0 aliphatic heterocycles. The molecular formula is C18H10Cl3N3O. The van der Waals surface area contributed by atoms with Crippen LogP contribution < -0.4 is 0 Å². The topological polar surface area (TPSA) is 66.4 Å². The van der Waals surface area contributed by atoms with Crippen LogP contribution in [-0.4, -0.2) is 21.8 Å². The Balaban J connectivity index is 2.44. The number of ketones is 1. The minimum atomic E-state index is -0.471. The van der Waals surface area contributed by atoms with E-state index in [0.29, 0.717) is 42.8 Å². The van der Waals surface area contributed by atoms with Crippen LogP contribution in [0.25, 0.3) is 27.7 Å². The summed E-state index contributed by atoms with van der Waals surface area (Å²) in [6.07, 6.45) is 0.836. The number of benzene rings is 2. The van der Waals surface area contributed by atoms with Gasteiger partial charge in [-0.05, 0) is 36.8 Å². The maximum atomic E-state index is 12.5. The van der Waals surface area contributed by atoms with Gasteiger partial charge in [-0.15, -0.1) is 0 Å². The van der Waals surface area contributed by atoms with Gasteiger partial charge >= 0.3 is 6.21 Å². The minimum absolute atomic E-state index is 0.327. The fourth-order valence-corrected chi connectivity index (χ4v) is 3.37. The van der Waals surface area contributed by atoms with Gasteiger partial charge < -0.3 is 5.53 Å². The Kier molecular flexibility index (Phi) is 4.89. The van der Waals surface area contributed by atoms with Crippen molar-refractivity contribution >= 4 is 57.7 Å². The van der Waals surface area contributed by atoms with Gasteiger partial charge in [-0.1, -0.05) is 46.9 Å². The molecule has 0 saturated heterocycles. The van der Waals surface area contributed by atoms with Crippen molar-refractivity contribution in [3.63, 3.8) is 0 Å². The molecule has 0 bridgehead atoms. The lowest BCUT2D eigenvalue weighted by atomic mass is 9.95. The third-order valence-electron chi connectivity index (χ3n) is 3.79. The Labute approximate surface area is 158 Å². The molecule has 3 rings (SSSR count). The summed E-state index contributed by atoms with van der Waals surface area (Å²) in [5, 5.41) is 1.80. The highest BCUT2D eigenvalue weighted by Crippen LogP contribution is 2.35. The van der Waals surface area contributed by atoms with Crippen LogP contribution in [0.1, 0.15) is 15.9 Å². The summed E-state index contributed by atoms with van der Waals surface area (Å²) >= 11 is 18.3. The fourth-order valence-electron chi connectivity index (χ4n) is 2.71. The molecule has 0 aliphatic carbocycles. The Bertz CT molecular complexity index is 1060. The Morgan fingerprint density at radius 3 is 2.44 bits per heavy atom. The maximum Gasteiger partial charge on any atom is 0.328 e. The lowest BCUT2D eigenvalue weighted by Crippen LogP contribution is -2.08. The second kappa shape index (κ2) is 6.95. The van der Waals surface area contributed by atoms with Gasteiger partial charge in [0.2, 0.25) is 0 Å². The van der Waals surface area contributed by atoms with Crippen LogP contribution in [0, 0.1) is 6.92 Å². The first-order valence-electron chi connectivity index (χ1n) is 7.19. The van der Waals surface area contributed by atoms with Crippen molar-refractivity contribution in [2.75, 3.05) is 0 Å². The van der Waals surface area contributed by atoms with E-state index in [-0.39, 0.29) is 0 Å². The quantitative estimate of drug-likeness (QED) is 0.251. The summed E-state index contributed by atoms with van der Waals surface area (Å²) in [7, 11) is 0. The van der Waals surface area contributed by atoms with Crippen LogP contribution in [0.3, 0.4) is 0 Å². The molecule has 0 saturated carbocycles. The summed E-state index contributed by atoms with van der Waals surface area (Å²) in [5.41, 5.74) is 11.5. The standard InChI is InChI=1S/C18H10Cl3N3O/c1-9-16(15(25)8-23-22)13-6-12(20)7-14(21)18(13)24-17(9)10-2-4-11(19)5-3-10/h2-8H,1H3. The second-order valence-electron chi connectivity index (χ2n) is 5.36. The highest BCUT2D eigenvalue weighted by molar-refractivity contribution is 6.41. The molecule has 0 aliphatic rings. The van der Waals surface area contributed by atoms with E-state index in [2.05, 4.69) is 9.77 Å². The molecule has 7 heteroatoms. The zero-order valence-corrected chi connectivity index (χ0v) is 15.2. The van der Waals surface area contributed by atoms with Gasteiger partial charge in [0.25, 0.3) is 5.78 Å². The number of carbonyl (C=O) groups is 1. The summed E-state index contributed by atoms with van der Waals surface area (Å²) in [6.45, 7) is 1.77. The number of aromatic nitrogens is 1. The molecule has 0 spiro atoms. The molecule has 0 atom stereocenters. The number of fused-ring (bicyclic) bond motifs is 1. The number of rotatable bonds is 3. The molecule has 0 fully saturated rings. The van der Waals surface area contributed by atoms with Crippen molar-refractivity contribution in [3.05, 3.63) is 68.1 Å². The van der Waals surface area contributed by atoms with Gasteiger partial charge in [-0.2, -0.15) is 4.79 Å². The Morgan fingerprint density at radius 2 is 1.80 bits per heavy atom. The molecule has 25 heavy (non-hydrogen) atoms. The number of pyridine rings is 1. The molecule has 1 heterocycles. The minimum Gasteiger partial charge on any atom is -0.361 e. The molecule has 0 radical (unpaired) electrons. The number of carbonyl (C=O) groups excluding carboxylic acids is 1. The van der Waals surface area contributed by atoms with Crippen LogP contribution in [0.2, 0.25) is 15.1 Å². The van der Waals surface area contributed by atoms with Crippen molar-refractivity contribution in [2.24, 2.45) is 0 Å². The number of hydrogen-bond donors (Lipinski definition) is 0. The van der Waals surface area contributed by atoms with E-state index in [0.717, 1.165) is 11.8 Å². The molecule has 4 nitrogen and oxygen atoms in total. The highest BCUT2D eigenvalue weighted by Gasteiger charge is 2.21. The number of nitrogens with zero attached hydrogens (tertiary/aromatic N) is 3. The summed E-state index contributed by atoms with van der Waals surface area (Å²) in [6, 6.07) is 10.3. The smallest absolute Gasteiger partial charge is 0.328 e. The van der Waals surface area contributed by atoms with Crippen LogP contribution in [0.5, 0.6) is 0 Å². The predicted molar refractivity (Wildman–Crippen MR) is 101 cm³/mol. The summed E-state index contributed by atoms with van der Waals surface area (Å²) < 4.78 is 0. The van der Waals surface area contributed by atoms with Crippen molar-refractivity contribution in [2.45, 2.75) is 6.92 Å². The van der Waals surface area contributed by atoms with E-state index in [1.54, 1.807) is 31.2 Å². The van der Waals surface area contributed by atoms with E-state index in [1.807, 2.05) is 12.1 Å². The van der Waals surface area contributed by atoms with Gasteiger partial charge in [0, 0.05) is 26.6 Å². The summed E-state index contributed by atoms with van der Waals surface area (Å²) in [5.74, 6) is -0.471. The average molecular weight is 391 g/mol. The highest BCUT2D eigenvalue weighted by atomic mass is 35.5. The normalized spacial score (nSPS) is 10.6. The van der Waals surface area contributed by atoms with E-state index in [1.165, 1.54) is 0 Å². The van der Waals surface area contributed by atoms with Crippen LogP contribution in [-0.2, 0) is 0 Å². The van der Waals surface area contributed by atoms with Crippen molar-refractivity contribution < 1.29 is 9.58 Å². The molecular weight excluding hydrogens is 381 g/mol. The molecule has 124 valence electrons. The molecule has 0 amide bonds. The maximum absolute atomic E-state index is 12.5. The molecule has 1 aromatic heterocycles. The monoisotopic (exact) mass is 389 g/mol. The average Bonchev–Trinajstić information content (AvgIpc) is 2.55. The summed E-state index contributed by atoms with van der Waals surface area (Å²) in [4.78, 5) is 20.0. The molecule has 0 unspecified atom stereocenters. The molecule has 0 N–H and O–H groups in total. The van der Waals surface area contributed by atoms with Crippen molar-refractivity contribution in [3.8, 4) is 11.3 Å². The van der Waals surface area contributed by atoms with E-state index < -0.39 is 5.78 Å². The molecule has 2 aromatic carbocycles. The van der Waals surface area contributed by atoms with Gasteiger partial charge in [-0.25, -0.2) is 4.98 Å². The van der Waals surface area contributed by atoms with Crippen LogP contribution in [0.4, 0.5) is 0 Å². The van der Waals surface area contributed by atoms with E-state index >= 15 is 0 Å². The Hall–Kier alpha value is -2.23. The first-order valence-corrected chi connectivity index (χ1v) is 8.33. The lowest BCUT2D eigenvalue weighted by molar-refractivity contribution is 0.00235. The van der Waals surface area contributed by atoms with Gasteiger partial charge in [0.05, 0.1) is 16.2 Å². The molecule has 3 aromatic rings. The second-order valence-corrected chi connectivity index (χ2v) is 6.64. The number of halogens is 3. The first kappa shape index (κ1) is 17.6. The predicted octanol–water partition coefficient (Wildman–Crippen LogP) is 5.65.